The van der Waals surface area contributed by atoms with Crippen molar-refractivity contribution in [2.45, 2.75) is 0 Å². The molecule has 114 valence electrons. The highest BCUT2D eigenvalue weighted by atomic mass is 35.5. The van der Waals surface area contributed by atoms with Crippen molar-refractivity contribution in [1.29, 1.82) is 0 Å². The summed E-state index contributed by atoms with van der Waals surface area (Å²) >= 11 is 5.57. The average Bonchev–Trinajstić information content (AvgIpc) is 2.55. The summed E-state index contributed by atoms with van der Waals surface area (Å²) in [6, 6.07) is 17.5. The Morgan fingerprint density at radius 1 is 1.00 bits per heavy atom. The number of carbonyl (C=O) groups excluding carboxylic acids is 1. The van der Waals surface area contributed by atoms with Gasteiger partial charge in [0.05, 0.1) is 16.2 Å². The zero-order valence-electron chi connectivity index (χ0n) is 11.8. The second kappa shape index (κ2) is 6.06. The van der Waals surface area contributed by atoms with Gasteiger partial charge in [-0.15, -0.1) is 0 Å². The Bertz CT molecular complexity index is 919. The van der Waals surface area contributed by atoms with Crippen LogP contribution in [0.4, 0.5) is 17.1 Å². The number of nitrogens with zero attached hydrogens (tertiary/aromatic N) is 1. The molecule has 0 aliphatic carbocycles. The van der Waals surface area contributed by atoms with Crippen molar-refractivity contribution in [1.82, 2.24) is 0 Å². The molecule has 0 atom stereocenters. The molecule has 0 radical (unpaired) electrons. The minimum atomic E-state index is -0.753. The van der Waals surface area contributed by atoms with Crippen LogP contribution < -0.4 is 5.32 Å². The second-order valence-electron chi connectivity index (χ2n) is 4.91. The fourth-order valence-electron chi connectivity index (χ4n) is 2.40. The predicted octanol–water partition coefficient (Wildman–Crippen LogP) is 4.87. The standard InChI is InChI=1S/C17H11ClN2O3/c18-17(21)14-10-12(20(22)23)8-9-16(14)19-15-7-3-5-11-4-1-2-6-13(11)15/h1-10,19H. The van der Waals surface area contributed by atoms with Crippen LogP contribution >= 0.6 is 11.6 Å². The topological polar surface area (TPSA) is 72.2 Å². The highest BCUT2D eigenvalue weighted by Crippen LogP contribution is 2.30. The van der Waals surface area contributed by atoms with Gasteiger partial charge in [-0.25, -0.2) is 0 Å². The maximum atomic E-state index is 11.6. The van der Waals surface area contributed by atoms with Gasteiger partial charge in [0.2, 0.25) is 0 Å². The first-order valence-electron chi connectivity index (χ1n) is 6.79. The molecule has 0 aromatic heterocycles. The van der Waals surface area contributed by atoms with E-state index in [0.29, 0.717) is 5.69 Å². The first kappa shape index (κ1) is 15.0. The molecule has 3 aromatic rings. The van der Waals surface area contributed by atoms with E-state index in [1.807, 2.05) is 42.5 Å². The maximum absolute atomic E-state index is 11.6. The molecule has 0 aliphatic heterocycles. The molecule has 0 aliphatic rings. The molecule has 0 heterocycles. The Labute approximate surface area is 136 Å². The minimum absolute atomic E-state index is 0.0637. The highest BCUT2D eigenvalue weighted by molar-refractivity contribution is 6.68. The predicted molar refractivity (Wildman–Crippen MR) is 90.5 cm³/mol. The van der Waals surface area contributed by atoms with E-state index >= 15 is 0 Å². The molecule has 6 heteroatoms. The molecule has 0 spiro atoms. The van der Waals surface area contributed by atoms with Gasteiger partial charge in [-0.05, 0) is 29.1 Å². The molecule has 5 nitrogen and oxygen atoms in total. The number of hydrogen-bond acceptors (Lipinski definition) is 4. The number of hydrogen-bond donors (Lipinski definition) is 1. The van der Waals surface area contributed by atoms with Crippen molar-refractivity contribution < 1.29 is 9.72 Å². The van der Waals surface area contributed by atoms with Crippen LogP contribution in [0.3, 0.4) is 0 Å². The minimum Gasteiger partial charge on any atom is -0.354 e. The Morgan fingerprint density at radius 2 is 1.74 bits per heavy atom. The third kappa shape index (κ3) is 3.00. The maximum Gasteiger partial charge on any atom is 0.270 e. The van der Waals surface area contributed by atoms with Gasteiger partial charge in [-0.2, -0.15) is 0 Å². The van der Waals surface area contributed by atoms with Gasteiger partial charge in [0, 0.05) is 23.2 Å². The Hall–Kier alpha value is -2.92. The second-order valence-corrected chi connectivity index (χ2v) is 5.26. The summed E-state index contributed by atoms with van der Waals surface area (Å²) in [6.07, 6.45) is 0. The third-order valence-electron chi connectivity index (χ3n) is 3.48. The first-order valence-corrected chi connectivity index (χ1v) is 7.17. The number of benzene rings is 3. The number of anilines is 2. The van der Waals surface area contributed by atoms with Crippen LogP contribution in [-0.2, 0) is 0 Å². The summed E-state index contributed by atoms with van der Waals surface area (Å²) in [4.78, 5) is 21.9. The number of non-ortho nitro benzene ring substituents is 1. The van der Waals surface area contributed by atoms with E-state index in [0.717, 1.165) is 16.5 Å². The van der Waals surface area contributed by atoms with Crippen molar-refractivity contribution in [2.24, 2.45) is 0 Å². The fraction of sp³-hybridized carbons (Fsp3) is 0. The molecule has 0 bridgehead atoms. The van der Waals surface area contributed by atoms with Crippen LogP contribution in [0.25, 0.3) is 10.8 Å². The summed E-state index contributed by atoms with van der Waals surface area (Å²) in [7, 11) is 0. The Morgan fingerprint density at radius 3 is 2.48 bits per heavy atom. The van der Waals surface area contributed by atoms with Crippen LogP contribution in [0.2, 0.25) is 0 Å². The van der Waals surface area contributed by atoms with Crippen LogP contribution in [0.5, 0.6) is 0 Å². The van der Waals surface area contributed by atoms with Gasteiger partial charge < -0.3 is 5.32 Å². The van der Waals surface area contributed by atoms with Crippen molar-refractivity contribution in [2.75, 3.05) is 5.32 Å². The smallest absolute Gasteiger partial charge is 0.270 e. The van der Waals surface area contributed by atoms with E-state index in [9.17, 15) is 14.9 Å². The highest BCUT2D eigenvalue weighted by Gasteiger charge is 2.16. The van der Waals surface area contributed by atoms with E-state index in [2.05, 4.69) is 5.32 Å². The molecule has 3 aromatic carbocycles. The van der Waals surface area contributed by atoms with E-state index in [4.69, 9.17) is 11.6 Å². The van der Waals surface area contributed by atoms with Crippen LogP contribution in [0, 0.1) is 10.1 Å². The Kier molecular flexibility index (Phi) is 3.95. The average molecular weight is 327 g/mol. The van der Waals surface area contributed by atoms with E-state index < -0.39 is 10.2 Å². The normalized spacial score (nSPS) is 10.5. The molecule has 0 saturated carbocycles. The van der Waals surface area contributed by atoms with E-state index in [1.54, 1.807) is 0 Å². The van der Waals surface area contributed by atoms with E-state index in [-0.39, 0.29) is 11.3 Å². The number of carbonyl (C=O) groups is 1. The van der Waals surface area contributed by atoms with Crippen molar-refractivity contribution in [3.05, 3.63) is 76.3 Å². The lowest BCUT2D eigenvalue weighted by molar-refractivity contribution is -0.384. The van der Waals surface area contributed by atoms with Gasteiger partial charge in [0.15, 0.2) is 0 Å². The summed E-state index contributed by atoms with van der Waals surface area (Å²) in [5.74, 6) is 0. The first-order chi connectivity index (χ1) is 11.1. The quantitative estimate of drug-likeness (QED) is 0.421. The van der Waals surface area contributed by atoms with Gasteiger partial charge >= 0.3 is 0 Å². The molecule has 0 unspecified atom stereocenters. The molecular formula is C17H11ClN2O3. The monoisotopic (exact) mass is 326 g/mol. The number of nitro benzene ring substituents is 1. The number of nitrogens with one attached hydrogen (secondary N) is 1. The molecule has 3 rings (SSSR count). The lowest BCUT2D eigenvalue weighted by Crippen LogP contribution is -2.01. The van der Waals surface area contributed by atoms with Crippen LogP contribution in [-0.4, -0.2) is 10.2 Å². The molecular weight excluding hydrogens is 316 g/mol. The SMILES string of the molecule is O=C(Cl)c1cc([N+](=O)[O-])ccc1Nc1cccc2ccccc12. The number of rotatable bonds is 4. The largest absolute Gasteiger partial charge is 0.354 e. The third-order valence-corrected chi connectivity index (χ3v) is 3.69. The summed E-state index contributed by atoms with van der Waals surface area (Å²) < 4.78 is 0. The van der Waals surface area contributed by atoms with Crippen molar-refractivity contribution in [3.8, 4) is 0 Å². The number of halogens is 1. The fourth-order valence-corrected chi connectivity index (χ4v) is 2.55. The van der Waals surface area contributed by atoms with E-state index in [1.165, 1.54) is 18.2 Å². The van der Waals surface area contributed by atoms with Crippen LogP contribution in [0.15, 0.2) is 60.7 Å². The van der Waals surface area contributed by atoms with Crippen molar-refractivity contribution in [3.63, 3.8) is 0 Å². The van der Waals surface area contributed by atoms with Gasteiger partial charge in [-0.1, -0.05) is 36.4 Å². The lowest BCUT2D eigenvalue weighted by Gasteiger charge is -2.12. The zero-order chi connectivity index (χ0) is 16.4. The lowest BCUT2D eigenvalue weighted by atomic mass is 10.1. The number of nitro groups is 1. The van der Waals surface area contributed by atoms with Crippen LogP contribution in [0.1, 0.15) is 10.4 Å². The molecule has 0 saturated heterocycles. The van der Waals surface area contributed by atoms with Gasteiger partial charge in [-0.3, -0.25) is 14.9 Å². The molecule has 23 heavy (non-hydrogen) atoms. The zero-order valence-corrected chi connectivity index (χ0v) is 12.6. The van der Waals surface area contributed by atoms with Crippen molar-refractivity contribution >= 4 is 44.7 Å². The number of fused-ring (bicyclic) bond motifs is 1. The van der Waals surface area contributed by atoms with Gasteiger partial charge in [0.1, 0.15) is 0 Å². The Balaban J connectivity index is 2.08. The van der Waals surface area contributed by atoms with Gasteiger partial charge in [0.25, 0.3) is 10.9 Å². The molecule has 1 N–H and O–H groups in total. The molecule has 0 fully saturated rings. The summed E-state index contributed by atoms with van der Waals surface area (Å²) in [5, 5.41) is 15.2. The molecule has 0 amide bonds. The summed E-state index contributed by atoms with van der Waals surface area (Å²) in [5.41, 5.74) is 1.09. The summed E-state index contributed by atoms with van der Waals surface area (Å²) in [6.45, 7) is 0.